The van der Waals surface area contributed by atoms with E-state index in [1.807, 2.05) is 0 Å². The van der Waals surface area contributed by atoms with Crippen LogP contribution in [0.25, 0.3) is 0 Å². The van der Waals surface area contributed by atoms with Crippen molar-refractivity contribution in [2.45, 2.75) is 75.5 Å². The predicted molar refractivity (Wildman–Crippen MR) is 82.9 cm³/mol. The standard InChI is InChI=1S/C17H29N3O/c1-13(14-3-4-14)20(9-10-21-2)16-7-8-17(11-16,12-18)19-15-5-6-15/h13-16,19H,3-11H2,1-2H3. The molecule has 0 aromatic heterocycles. The van der Waals surface area contributed by atoms with E-state index >= 15 is 0 Å². The third kappa shape index (κ3) is 3.59. The van der Waals surface area contributed by atoms with Crippen molar-refractivity contribution < 1.29 is 4.74 Å². The van der Waals surface area contributed by atoms with Gasteiger partial charge in [0.25, 0.3) is 0 Å². The van der Waals surface area contributed by atoms with E-state index in [4.69, 9.17) is 4.74 Å². The molecule has 3 atom stereocenters. The summed E-state index contributed by atoms with van der Waals surface area (Å²) in [6.45, 7) is 4.17. The molecule has 4 heteroatoms. The number of hydrogen-bond donors (Lipinski definition) is 1. The summed E-state index contributed by atoms with van der Waals surface area (Å²) in [5.41, 5.74) is -0.263. The zero-order chi connectivity index (χ0) is 14.9. The average molecular weight is 291 g/mol. The van der Waals surface area contributed by atoms with Gasteiger partial charge >= 0.3 is 0 Å². The molecule has 3 unspecified atom stereocenters. The van der Waals surface area contributed by atoms with Crippen molar-refractivity contribution in [2.75, 3.05) is 20.3 Å². The van der Waals surface area contributed by atoms with Crippen molar-refractivity contribution in [3.8, 4) is 6.07 Å². The van der Waals surface area contributed by atoms with Crippen LogP contribution in [-0.2, 0) is 4.74 Å². The lowest BCUT2D eigenvalue weighted by molar-refractivity contribution is 0.0808. The monoisotopic (exact) mass is 291 g/mol. The summed E-state index contributed by atoms with van der Waals surface area (Å²) in [7, 11) is 1.78. The largest absolute Gasteiger partial charge is 0.383 e. The Labute approximate surface area is 128 Å². The Hall–Kier alpha value is -0.630. The van der Waals surface area contributed by atoms with Gasteiger partial charge in [-0.25, -0.2) is 0 Å². The minimum absolute atomic E-state index is 0.263. The van der Waals surface area contributed by atoms with Crippen molar-refractivity contribution in [3.05, 3.63) is 0 Å². The second-order valence-electron chi connectivity index (χ2n) is 7.32. The Kier molecular flexibility index (Phi) is 4.54. The third-order valence-corrected chi connectivity index (χ3v) is 5.61. The molecule has 118 valence electrons. The molecule has 0 amide bonds. The van der Waals surface area contributed by atoms with Gasteiger partial charge in [-0.3, -0.25) is 10.2 Å². The fourth-order valence-corrected chi connectivity index (χ4v) is 3.95. The minimum Gasteiger partial charge on any atom is -0.383 e. The molecule has 3 saturated carbocycles. The zero-order valence-electron chi connectivity index (χ0n) is 13.5. The van der Waals surface area contributed by atoms with E-state index in [0.717, 1.165) is 38.3 Å². The lowest BCUT2D eigenvalue weighted by Crippen LogP contribution is -2.48. The van der Waals surface area contributed by atoms with E-state index < -0.39 is 0 Å². The van der Waals surface area contributed by atoms with Gasteiger partial charge in [0.1, 0.15) is 5.54 Å². The number of nitriles is 1. The van der Waals surface area contributed by atoms with Gasteiger partial charge < -0.3 is 4.74 Å². The fourth-order valence-electron chi connectivity index (χ4n) is 3.95. The van der Waals surface area contributed by atoms with Crippen LogP contribution in [-0.4, -0.2) is 48.8 Å². The van der Waals surface area contributed by atoms with Crippen LogP contribution in [0.1, 0.15) is 51.9 Å². The van der Waals surface area contributed by atoms with Crippen LogP contribution >= 0.6 is 0 Å². The summed E-state index contributed by atoms with van der Waals surface area (Å²) in [5.74, 6) is 0.871. The first kappa shape index (κ1) is 15.3. The smallest absolute Gasteiger partial charge is 0.108 e. The average Bonchev–Trinajstić information content (AvgIpc) is 3.39. The predicted octanol–water partition coefficient (Wildman–Crippen LogP) is 2.30. The summed E-state index contributed by atoms with van der Waals surface area (Å²) < 4.78 is 5.31. The van der Waals surface area contributed by atoms with Gasteiger partial charge in [-0.15, -0.1) is 0 Å². The summed E-state index contributed by atoms with van der Waals surface area (Å²) in [4.78, 5) is 2.63. The molecule has 3 fully saturated rings. The minimum atomic E-state index is -0.263. The molecule has 3 aliphatic rings. The Balaban J connectivity index is 1.63. The summed E-state index contributed by atoms with van der Waals surface area (Å²) in [6.07, 6.45) is 8.39. The first-order valence-electron chi connectivity index (χ1n) is 8.61. The van der Waals surface area contributed by atoms with Crippen molar-refractivity contribution >= 4 is 0 Å². The second-order valence-corrected chi connectivity index (χ2v) is 7.32. The van der Waals surface area contributed by atoms with E-state index in [-0.39, 0.29) is 5.54 Å². The van der Waals surface area contributed by atoms with Gasteiger partial charge in [0, 0.05) is 31.8 Å². The lowest BCUT2D eigenvalue weighted by Gasteiger charge is -2.35. The molecular formula is C17H29N3O. The molecule has 0 aliphatic heterocycles. The van der Waals surface area contributed by atoms with Gasteiger partial charge in [-0.05, 0) is 57.8 Å². The summed E-state index contributed by atoms with van der Waals surface area (Å²) in [6, 6.07) is 4.40. The lowest BCUT2D eigenvalue weighted by atomic mass is 9.98. The van der Waals surface area contributed by atoms with Gasteiger partial charge in [0.2, 0.25) is 0 Å². The second kappa shape index (κ2) is 6.24. The first-order chi connectivity index (χ1) is 10.2. The van der Waals surface area contributed by atoms with Gasteiger partial charge in [0.05, 0.1) is 12.7 Å². The quantitative estimate of drug-likeness (QED) is 0.745. The van der Waals surface area contributed by atoms with Gasteiger partial charge in [-0.2, -0.15) is 5.26 Å². The van der Waals surface area contributed by atoms with E-state index in [1.165, 1.54) is 25.7 Å². The number of nitrogens with one attached hydrogen (secondary N) is 1. The highest BCUT2D eigenvalue weighted by atomic mass is 16.5. The van der Waals surface area contributed by atoms with E-state index in [2.05, 4.69) is 23.2 Å². The first-order valence-corrected chi connectivity index (χ1v) is 8.61. The van der Waals surface area contributed by atoms with Crippen molar-refractivity contribution in [2.24, 2.45) is 5.92 Å². The number of rotatable bonds is 8. The van der Waals surface area contributed by atoms with Crippen molar-refractivity contribution in [1.29, 1.82) is 5.26 Å². The SMILES string of the molecule is COCCN(C1CCC(C#N)(NC2CC2)C1)C(C)C1CC1. The van der Waals surface area contributed by atoms with Crippen LogP contribution in [0.2, 0.25) is 0 Å². The molecule has 0 aromatic carbocycles. The zero-order valence-corrected chi connectivity index (χ0v) is 13.5. The van der Waals surface area contributed by atoms with Gasteiger partial charge in [0.15, 0.2) is 0 Å². The van der Waals surface area contributed by atoms with E-state index in [1.54, 1.807) is 7.11 Å². The Morgan fingerprint density at radius 3 is 2.67 bits per heavy atom. The Morgan fingerprint density at radius 2 is 2.10 bits per heavy atom. The highest BCUT2D eigenvalue weighted by molar-refractivity contribution is 5.16. The van der Waals surface area contributed by atoms with Gasteiger partial charge in [-0.1, -0.05) is 0 Å². The fraction of sp³-hybridized carbons (Fsp3) is 0.941. The molecule has 3 aliphatic carbocycles. The maximum atomic E-state index is 9.67. The van der Waals surface area contributed by atoms with E-state index in [9.17, 15) is 5.26 Å². The highest BCUT2D eigenvalue weighted by Gasteiger charge is 2.46. The molecular weight excluding hydrogens is 262 g/mol. The van der Waals surface area contributed by atoms with E-state index in [0.29, 0.717) is 18.1 Å². The molecule has 1 N–H and O–H groups in total. The molecule has 21 heavy (non-hydrogen) atoms. The molecule has 0 aromatic rings. The molecule has 0 spiro atoms. The molecule has 3 rings (SSSR count). The summed E-state index contributed by atoms with van der Waals surface area (Å²) in [5, 5.41) is 13.3. The maximum Gasteiger partial charge on any atom is 0.108 e. The van der Waals surface area contributed by atoms with Crippen LogP contribution < -0.4 is 5.32 Å². The molecule has 0 saturated heterocycles. The third-order valence-electron chi connectivity index (χ3n) is 5.61. The maximum absolute atomic E-state index is 9.67. The number of methoxy groups -OCH3 is 1. The molecule has 0 radical (unpaired) electrons. The number of hydrogen-bond acceptors (Lipinski definition) is 4. The van der Waals surface area contributed by atoms with Crippen molar-refractivity contribution in [1.82, 2.24) is 10.2 Å². The molecule has 4 nitrogen and oxygen atoms in total. The highest BCUT2D eigenvalue weighted by Crippen LogP contribution is 2.41. The Morgan fingerprint density at radius 1 is 1.33 bits per heavy atom. The normalized spacial score (nSPS) is 34.1. The molecule has 0 heterocycles. The number of nitrogens with zero attached hydrogens (tertiary/aromatic N) is 2. The van der Waals surface area contributed by atoms with Crippen molar-refractivity contribution in [3.63, 3.8) is 0 Å². The molecule has 0 bridgehead atoms. The van der Waals surface area contributed by atoms with Crippen LogP contribution in [0.5, 0.6) is 0 Å². The van der Waals surface area contributed by atoms with Crippen LogP contribution in [0, 0.1) is 17.2 Å². The van der Waals surface area contributed by atoms with Crippen LogP contribution in [0.15, 0.2) is 0 Å². The van der Waals surface area contributed by atoms with Crippen LogP contribution in [0.3, 0.4) is 0 Å². The van der Waals surface area contributed by atoms with Crippen LogP contribution in [0.4, 0.5) is 0 Å². The topological polar surface area (TPSA) is 48.3 Å². The Bertz CT molecular complexity index is 399. The summed E-state index contributed by atoms with van der Waals surface area (Å²) >= 11 is 0. The number of ether oxygens (including phenoxy) is 1.